The Bertz CT molecular complexity index is 1490. The van der Waals surface area contributed by atoms with Gasteiger partial charge < -0.3 is 14.2 Å². The number of aryl methyl sites for hydroxylation is 2. The lowest BCUT2D eigenvalue weighted by Gasteiger charge is -2.05. The minimum Gasteiger partial charge on any atom is -0.450 e. The highest BCUT2D eigenvalue weighted by atomic mass is 16.4. The first kappa shape index (κ1) is 17.2. The minimum atomic E-state index is -0.425. The number of hydrogen-bond acceptors (Lipinski definition) is 5. The van der Waals surface area contributed by atoms with E-state index in [9.17, 15) is 9.59 Å². The van der Waals surface area contributed by atoms with Crippen LogP contribution in [0.4, 0.5) is 5.69 Å². The third-order valence-electron chi connectivity index (χ3n) is 4.99. The van der Waals surface area contributed by atoms with Crippen LogP contribution in [-0.2, 0) is 0 Å². The molecule has 142 valence electrons. The predicted molar refractivity (Wildman–Crippen MR) is 111 cm³/mol. The van der Waals surface area contributed by atoms with E-state index in [0.717, 1.165) is 32.9 Å². The zero-order chi connectivity index (χ0) is 20.1. The molecule has 0 saturated carbocycles. The summed E-state index contributed by atoms with van der Waals surface area (Å²) in [5.74, 6) is -0.203. The summed E-state index contributed by atoms with van der Waals surface area (Å²) in [5, 5.41) is 5.28. The Morgan fingerprint density at radius 3 is 2.62 bits per heavy atom. The number of nitrogens with one attached hydrogen (secondary N) is 1. The summed E-state index contributed by atoms with van der Waals surface area (Å²) in [6.07, 6.45) is 0. The number of carbonyl (C=O) groups is 1. The van der Waals surface area contributed by atoms with Gasteiger partial charge in [0.05, 0.1) is 5.52 Å². The van der Waals surface area contributed by atoms with E-state index < -0.39 is 5.63 Å². The Kier molecular flexibility index (Phi) is 3.74. The van der Waals surface area contributed by atoms with Crippen LogP contribution in [0.15, 0.2) is 68.2 Å². The molecule has 2 aromatic carbocycles. The molecule has 0 atom stereocenters. The molecule has 1 amide bonds. The van der Waals surface area contributed by atoms with Crippen molar-refractivity contribution in [2.45, 2.75) is 13.8 Å². The average Bonchev–Trinajstić information content (AvgIpc) is 3.14. The molecular weight excluding hydrogens is 368 g/mol. The van der Waals surface area contributed by atoms with Crippen LogP contribution in [0.25, 0.3) is 32.8 Å². The van der Waals surface area contributed by atoms with E-state index in [-0.39, 0.29) is 11.7 Å². The predicted octanol–water partition coefficient (Wildman–Crippen LogP) is 4.96. The highest BCUT2D eigenvalue weighted by Crippen LogP contribution is 2.29. The molecule has 1 N–H and O–H groups in total. The fourth-order valence-corrected chi connectivity index (χ4v) is 3.57. The maximum absolute atomic E-state index is 12.8. The van der Waals surface area contributed by atoms with E-state index >= 15 is 0 Å². The van der Waals surface area contributed by atoms with E-state index in [1.165, 1.54) is 6.07 Å². The van der Waals surface area contributed by atoms with Gasteiger partial charge >= 0.3 is 5.63 Å². The molecule has 0 unspecified atom stereocenters. The van der Waals surface area contributed by atoms with Gasteiger partial charge in [0, 0.05) is 39.7 Å². The van der Waals surface area contributed by atoms with E-state index in [0.29, 0.717) is 16.9 Å². The number of aromatic nitrogens is 1. The molecule has 0 saturated heterocycles. The van der Waals surface area contributed by atoms with Crippen molar-refractivity contribution in [2.24, 2.45) is 0 Å². The summed E-state index contributed by atoms with van der Waals surface area (Å²) < 4.78 is 11.1. The Balaban J connectivity index is 1.55. The normalized spacial score (nSPS) is 11.4. The third-order valence-corrected chi connectivity index (χ3v) is 4.99. The summed E-state index contributed by atoms with van der Waals surface area (Å²) in [5.41, 5.74) is 3.58. The van der Waals surface area contributed by atoms with Crippen molar-refractivity contribution in [3.05, 3.63) is 82.0 Å². The number of carbonyl (C=O) groups excluding carboxylic acids is 1. The van der Waals surface area contributed by atoms with Crippen LogP contribution >= 0.6 is 0 Å². The van der Waals surface area contributed by atoms with Crippen LogP contribution in [0.2, 0.25) is 0 Å². The zero-order valence-electron chi connectivity index (χ0n) is 15.8. The van der Waals surface area contributed by atoms with Crippen molar-refractivity contribution in [3.63, 3.8) is 0 Å². The first-order valence-corrected chi connectivity index (χ1v) is 9.14. The van der Waals surface area contributed by atoms with E-state index in [2.05, 4.69) is 10.3 Å². The van der Waals surface area contributed by atoms with Crippen LogP contribution in [0.5, 0.6) is 0 Å². The molecule has 0 aliphatic heterocycles. The van der Waals surface area contributed by atoms with Crippen molar-refractivity contribution in [2.75, 3.05) is 5.32 Å². The molecule has 29 heavy (non-hydrogen) atoms. The van der Waals surface area contributed by atoms with Gasteiger partial charge in [0.2, 0.25) is 0 Å². The van der Waals surface area contributed by atoms with Crippen LogP contribution in [0, 0.1) is 13.8 Å². The Labute approximate surface area is 164 Å². The third kappa shape index (κ3) is 2.86. The van der Waals surface area contributed by atoms with E-state index in [4.69, 9.17) is 8.83 Å². The van der Waals surface area contributed by atoms with Crippen LogP contribution < -0.4 is 10.9 Å². The molecule has 5 aromatic rings. The molecule has 6 heteroatoms. The summed E-state index contributed by atoms with van der Waals surface area (Å²) in [7, 11) is 0. The largest absolute Gasteiger partial charge is 0.450 e. The molecular formula is C23H16N2O4. The van der Waals surface area contributed by atoms with Crippen molar-refractivity contribution >= 4 is 44.4 Å². The van der Waals surface area contributed by atoms with Gasteiger partial charge in [-0.2, -0.15) is 0 Å². The molecule has 0 bridgehead atoms. The smallest absolute Gasteiger partial charge is 0.336 e. The fraction of sp³-hybridized carbons (Fsp3) is 0.0870. The summed E-state index contributed by atoms with van der Waals surface area (Å²) in [6.45, 7) is 3.73. The maximum atomic E-state index is 12.8. The molecule has 6 nitrogen and oxygen atoms in total. The number of rotatable bonds is 2. The highest BCUT2D eigenvalue weighted by Gasteiger charge is 2.17. The number of nitrogens with zero attached hydrogens (tertiary/aromatic N) is 1. The molecule has 0 aliphatic carbocycles. The quantitative estimate of drug-likeness (QED) is 0.435. The van der Waals surface area contributed by atoms with Gasteiger partial charge in [-0.25, -0.2) is 4.79 Å². The Hall–Kier alpha value is -3.93. The lowest BCUT2D eigenvalue weighted by molar-refractivity contribution is 0.0999. The number of furan rings is 1. The molecule has 0 radical (unpaired) electrons. The molecule has 3 heterocycles. The number of amides is 1. The summed E-state index contributed by atoms with van der Waals surface area (Å²) in [4.78, 5) is 29.0. The standard InChI is InChI=1S/C23H16N2O4/c1-12-9-21(26)28-19-10-14(7-8-15(12)19)25-23(27)20-11-17-13(2)24-18-6-4-3-5-16(18)22(17)29-20/h3-11H,1-2H3,(H,25,27). The molecule has 3 aromatic heterocycles. The van der Waals surface area contributed by atoms with Gasteiger partial charge in [0.1, 0.15) is 11.2 Å². The van der Waals surface area contributed by atoms with Gasteiger partial charge in [0.25, 0.3) is 5.91 Å². The fourth-order valence-electron chi connectivity index (χ4n) is 3.57. The summed E-state index contributed by atoms with van der Waals surface area (Å²) >= 11 is 0. The second-order valence-electron chi connectivity index (χ2n) is 6.98. The van der Waals surface area contributed by atoms with Gasteiger partial charge in [-0.15, -0.1) is 0 Å². The van der Waals surface area contributed by atoms with Crippen molar-refractivity contribution in [1.29, 1.82) is 0 Å². The van der Waals surface area contributed by atoms with Crippen LogP contribution in [0.3, 0.4) is 0 Å². The van der Waals surface area contributed by atoms with Crippen molar-refractivity contribution in [1.82, 2.24) is 4.98 Å². The average molecular weight is 384 g/mol. The molecule has 5 rings (SSSR count). The van der Waals surface area contributed by atoms with E-state index in [1.54, 1.807) is 18.2 Å². The lowest BCUT2D eigenvalue weighted by atomic mass is 10.1. The number of hydrogen-bond donors (Lipinski definition) is 1. The van der Waals surface area contributed by atoms with Gasteiger partial charge in [-0.1, -0.05) is 12.1 Å². The highest BCUT2D eigenvalue weighted by molar-refractivity contribution is 6.09. The number of para-hydroxylation sites is 1. The van der Waals surface area contributed by atoms with Crippen LogP contribution in [-0.4, -0.2) is 10.9 Å². The Morgan fingerprint density at radius 1 is 0.931 bits per heavy atom. The molecule has 0 fully saturated rings. The molecule has 0 spiro atoms. The first-order chi connectivity index (χ1) is 14.0. The maximum Gasteiger partial charge on any atom is 0.336 e. The molecule has 0 aliphatic rings. The first-order valence-electron chi connectivity index (χ1n) is 9.14. The topological polar surface area (TPSA) is 85.3 Å². The SMILES string of the molecule is Cc1cc(=O)oc2cc(NC(=O)c3cc4c(C)nc5ccccc5c4o3)ccc12. The lowest BCUT2D eigenvalue weighted by Crippen LogP contribution is -2.10. The monoisotopic (exact) mass is 384 g/mol. The Morgan fingerprint density at radius 2 is 1.76 bits per heavy atom. The second kappa shape index (κ2) is 6.31. The minimum absolute atomic E-state index is 0.187. The van der Waals surface area contributed by atoms with Gasteiger partial charge in [-0.3, -0.25) is 9.78 Å². The van der Waals surface area contributed by atoms with Crippen molar-refractivity contribution < 1.29 is 13.6 Å². The number of pyridine rings is 1. The number of benzene rings is 2. The van der Waals surface area contributed by atoms with E-state index in [1.807, 2.05) is 44.2 Å². The van der Waals surface area contributed by atoms with Gasteiger partial charge in [-0.05, 0) is 49.7 Å². The van der Waals surface area contributed by atoms with Crippen LogP contribution in [0.1, 0.15) is 21.8 Å². The number of anilines is 1. The number of fused-ring (bicyclic) bond motifs is 4. The summed E-state index contributed by atoms with van der Waals surface area (Å²) in [6, 6.07) is 16.0. The van der Waals surface area contributed by atoms with Gasteiger partial charge in [0.15, 0.2) is 5.76 Å². The second-order valence-corrected chi connectivity index (χ2v) is 6.98. The van der Waals surface area contributed by atoms with Crippen molar-refractivity contribution in [3.8, 4) is 0 Å². The zero-order valence-corrected chi connectivity index (χ0v) is 15.8.